The van der Waals surface area contributed by atoms with Gasteiger partial charge in [-0.25, -0.2) is 0 Å². The van der Waals surface area contributed by atoms with Crippen LogP contribution in [0.1, 0.15) is 30.6 Å². The minimum atomic E-state index is -0.168. The van der Waals surface area contributed by atoms with Crippen molar-refractivity contribution in [3.63, 3.8) is 0 Å². The van der Waals surface area contributed by atoms with Gasteiger partial charge >= 0.3 is 0 Å². The van der Waals surface area contributed by atoms with Crippen LogP contribution in [0.5, 0.6) is 0 Å². The maximum Gasteiger partial charge on any atom is 0.251 e. The Hall–Kier alpha value is -2.09. The van der Waals surface area contributed by atoms with E-state index in [9.17, 15) is 9.59 Å². The molecule has 1 unspecified atom stereocenters. The van der Waals surface area contributed by atoms with Crippen LogP contribution in [-0.2, 0) is 4.79 Å². The first-order valence-corrected chi connectivity index (χ1v) is 9.26. The van der Waals surface area contributed by atoms with E-state index in [1.165, 1.54) is 0 Å². The van der Waals surface area contributed by atoms with Crippen molar-refractivity contribution in [2.24, 2.45) is 0 Å². The summed E-state index contributed by atoms with van der Waals surface area (Å²) in [6, 6.07) is 14.8. The monoisotopic (exact) mass is 451 g/mol. The quantitative estimate of drug-likeness (QED) is 0.560. The van der Waals surface area contributed by atoms with E-state index < -0.39 is 0 Å². The number of benzene rings is 2. The number of carbonyl (C=O) groups is 2. The van der Waals surface area contributed by atoms with E-state index in [-0.39, 0.29) is 24.4 Å². The molecule has 2 rings (SSSR count). The number of amides is 2. The van der Waals surface area contributed by atoms with Crippen LogP contribution in [0.4, 0.5) is 11.4 Å². The molecule has 6 heteroatoms. The van der Waals surface area contributed by atoms with Gasteiger partial charge in [0, 0.05) is 26.6 Å². The Morgan fingerprint density at radius 1 is 1.08 bits per heavy atom. The summed E-state index contributed by atoms with van der Waals surface area (Å²) in [4.78, 5) is 24.2. The SMILES string of the molecule is CCC(C)NC(=O)c1cccc(NC(=O)CNc2ccc(I)cc2)c1. The van der Waals surface area contributed by atoms with Gasteiger partial charge in [0.2, 0.25) is 5.91 Å². The number of halogens is 1. The van der Waals surface area contributed by atoms with Crippen molar-refractivity contribution < 1.29 is 9.59 Å². The van der Waals surface area contributed by atoms with Crippen molar-refractivity contribution in [3.8, 4) is 0 Å². The molecule has 2 amide bonds. The Balaban J connectivity index is 1.91. The number of rotatable bonds is 7. The van der Waals surface area contributed by atoms with Gasteiger partial charge in [-0.1, -0.05) is 13.0 Å². The first-order chi connectivity index (χ1) is 12.0. The van der Waals surface area contributed by atoms with Gasteiger partial charge in [0.25, 0.3) is 5.91 Å². The van der Waals surface area contributed by atoms with Crippen molar-refractivity contribution in [1.29, 1.82) is 0 Å². The van der Waals surface area contributed by atoms with E-state index in [1.54, 1.807) is 24.3 Å². The summed E-state index contributed by atoms with van der Waals surface area (Å²) in [6.45, 7) is 4.13. The lowest BCUT2D eigenvalue weighted by Gasteiger charge is -2.12. The highest BCUT2D eigenvalue weighted by molar-refractivity contribution is 14.1. The molecule has 25 heavy (non-hydrogen) atoms. The summed E-state index contributed by atoms with van der Waals surface area (Å²) in [5, 5.41) is 8.78. The summed E-state index contributed by atoms with van der Waals surface area (Å²) >= 11 is 2.23. The fraction of sp³-hybridized carbons (Fsp3) is 0.263. The Morgan fingerprint density at radius 2 is 1.80 bits per heavy atom. The average molecular weight is 451 g/mol. The highest BCUT2D eigenvalue weighted by Crippen LogP contribution is 2.13. The Labute approximate surface area is 161 Å². The van der Waals surface area contributed by atoms with Gasteiger partial charge in [-0.05, 0) is 78.4 Å². The van der Waals surface area contributed by atoms with Gasteiger partial charge in [-0.2, -0.15) is 0 Å². The number of carbonyl (C=O) groups excluding carboxylic acids is 2. The summed E-state index contributed by atoms with van der Waals surface area (Å²) in [5.74, 6) is -0.305. The predicted molar refractivity (Wildman–Crippen MR) is 110 cm³/mol. The zero-order chi connectivity index (χ0) is 18.2. The van der Waals surface area contributed by atoms with E-state index in [0.29, 0.717) is 11.3 Å². The summed E-state index contributed by atoms with van der Waals surface area (Å²) in [7, 11) is 0. The lowest BCUT2D eigenvalue weighted by molar-refractivity contribution is -0.114. The third-order valence-electron chi connectivity index (χ3n) is 3.70. The van der Waals surface area contributed by atoms with Crippen LogP contribution in [-0.4, -0.2) is 24.4 Å². The molecule has 0 heterocycles. The van der Waals surface area contributed by atoms with Crippen molar-refractivity contribution in [2.45, 2.75) is 26.3 Å². The zero-order valence-electron chi connectivity index (χ0n) is 14.3. The molecular formula is C19H22IN3O2. The second kappa shape index (κ2) is 9.41. The van der Waals surface area contributed by atoms with Gasteiger partial charge in [0.15, 0.2) is 0 Å². The number of nitrogens with one attached hydrogen (secondary N) is 3. The van der Waals surface area contributed by atoms with Crippen molar-refractivity contribution in [1.82, 2.24) is 5.32 Å². The van der Waals surface area contributed by atoms with Crippen LogP contribution in [0.3, 0.4) is 0 Å². The minimum Gasteiger partial charge on any atom is -0.376 e. The number of hydrogen-bond donors (Lipinski definition) is 3. The maximum absolute atomic E-state index is 12.2. The first-order valence-electron chi connectivity index (χ1n) is 8.18. The third kappa shape index (κ3) is 6.38. The lowest BCUT2D eigenvalue weighted by Crippen LogP contribution is -2.32. The Kier molecular flexibility index (Phi) is 7.24. The summed E-state index contributed by atoms with van der Waals surface area (Å²) < 4.78 is 1.14. The van der Waals surface area contributed by atoms with Gasteiger partial charge < -0.3 is 16.0 Å². The largest absolute Gasteiger partial charge is 0.376 e. The molecule has 2 aromatic carbocycles. The zero-order valence-corrected chi connectivity index (χ0v) is 16.5. The number of hydrogen-bond acceptors (Lipinski definition) is 3. The molecule has 1 atom stereocenters. The molecule has 3 N–H and O–H groups in total. The topological polar surface area (TPSA) is 70.2 Å². The molecule has 0 saturated heterocycles. The molecule has 0 saturated carbocycles. The molecule has 5 nitrogen and oxygen atoms in total. The molecule has 2 aromatic rings. The van der Waals surface area contributed by atoms with Crippen LogP contribution < -0.4 is 16.0 Å². The molecule has 0 aromatic heterocycles. The summed E-state index contributed by atoms with van der Waals surface area (Å²) in [6.07, 6.45) is 0.867. The van der Waals surface area contributed by atoms with Gasteiger partial charge in [0.1, 0.15) is 0 Å². The molecule has 0 aliphatic rings. The second-order valence-electron chi connectivity index (χ2n) is 5.77. The van der Waals surface area contributed by atoms with E-state index in [2.05, 4.69) is 38.5 Å². The van der Waals surface area contributed by atoms with E-state index in [4.69, 9.17) is 0 Å². The van der Waals surface area contributed by atoms with Crippen LogP contribution in [0.25, 0.3) is 0 Å². The van der Waals surface area contributed by atoms with Gasteiger partial charge in [-0.3, -0.25) is 9.59 Å². The third-order valence-corrected chi connectivity index (χ3v) is 4.41. The van der Waals surface area contributed by atoms with Crippen LogP contribution in [0.15, 0.2) is 48.5 Å². The highest BCUT2D eigenvalue weighted by Gasteiger charge is 2.10. The van der Waals surface area contributed by atoms with Crippen molar-refractivity contribution >= 4 is 45.8 Å². The van der Waals surface area contributed by atoms with Crippen LogP contribution in [0.2, 0.25) is 0 Å². The molecule has 0 aliphatic carbocycles. The Bertz CT molecular complexity index is 732. The minimum absolute atomic E-state index is 0.115. The van der Waals surface area contributed by atoms with Gasteiger partial charge in [0.05, 0.1) is 6.54 Å². The first kappa shape index (κ1) is 19.2. The Morgan fingerprint density at radius 3 is 2.48 bits per heavy atom. The van der Waals surface area contributed by atoms with Gasteiger partial charge in [-0.15, -0.1) is 0 Å². The van der Waals surface area contributed by atoms with E-state index >= 15 is 0 Å². The van der Waals surface area contributed by atoms with Crippen LogP contribution >= 0.6 is 22.6 Å². The molecule has 0 radical (unpaired) electrons. The average Bonchev–Trinajstić information content (AvgIpc) is 2.61. The highest BCUT2D eigenvalue weighted by atomic mass is 127. The maximum atomic E-state index is 12.2. The van der Waals surface area contributed by atoms with E-state index in [0.717, 1.165) is 15.7 Å². The molecule has 0 aliphatic heterocycles. The molecular weight excluding hydrogens is 429 g/mol. The van der Waals surface area contributed by atoms with E-state index in [1.807, 2.05) is 38.1 Å². The van der Waals surface area contributed by atoms with Crippen molar-refractivity contribution in [3.05, 3.63) is 57.7 Å². The fourth-order valence-corrected chi connectivity index (χ4v) is 2.46. The standard InChI is InChI=1S/C19H22IN3O2/c1-3-13(2)22-19(25)14-5-4-6-17(11-14)23-18(24)12-21-16-9-7-15(20)8-10-16/h4-11,13,21H,3,12H2,1-2H3,(H,22,25)(H,23,24). The molecule has 0 spiro atoms. The fourth-order valence-electron chi connectivity index (χ4n) is 2.10. The normalized spacial score (nSPS) is 11.5. The molecule has 0 fully saturated rings. The molecule has 132 valence electrons. The second-order valence-corrected chi connectivity index (χ2v) is 7.02. The van der Waals surface area contributed by atoms with Crippen LogP contribution in [0, 0.1) is 3.57 Å². The summed E-state index contributed by atoms with van der Waals surface area (Å²) in [5.41, 5.74) is 2.02. The van der Waals surface area contributed by atoms with Crippen molar-refractivity contribution in [2.75, 3.05) is 17.2 Å². The smallest absolute Gasteiger partial charge is 0.251 e. The lowest BCUT2D eigenvalue weighted by atomic mass is 10.1. The number of anilines is 2. The molecule has 0 bridgehead atoms. The predicted octanol–water partition coefficient (Wildman–Crippen LogP) is 3.87.